The number of nitrogens with zero attached hydrogens (tertiary/aromatic N) is 4. The molecule has 5 nitrogen and oxygen atoms in total. The molecule has 2 saturated heterocycles. The molecule has 0 saturated carbocycles. The van der Waals surface area contributed by atoms with Crippen LogP contribution in [-0.4, -0.2) is 47.0 Å². The molecule has 2 aliphatic rings. The fourth-order valence-corrected chi connectivity index (χ4v) is 4.53. The number of thioether (sulfide) groups is 1. The zero-order valence-electron chi connectivity index (χ0n) is 16.5. The highest BCUT2D eigenvalue weighted by Crippen LogP contribution is 2.33. The Bertz CT molecular complexity index is 892. The molecule has 0 unspecified atom stereocenters. The van der Waals surface area contributed by atoms with Crippen LogP contribution in [0.5, 0.6) is 0 Å². The van der Waals surface area contributed by atoms with E-state index >= 15 is 0 Å². The lowest BCUT2D eigenvalue weighted by Gasteiger charge is -2.18. The second kappa shape index (κ2) is 8.83. The van der Waals surface area contributed by atoms with Crippen LogP contribution in [0.1, 0.15) is 47.3 Å². The van der Waals surface area contributed by atoms with Crippen molar-refractivity contribution in [1.29, 1.82) is 0 Å². The number of likely N-dealkylation sites (tertiary alicyclic amines) is 1. The summed E-state index contributed by atoms with van der Waals surface area (Å²) in [7, 11) is 0. The molecule has 30 heavy (non-hydrogen) atoms. The zero-order valence-corrected chi connectivity index (χ0v) is 17.3. The van der Waals surface area contributed by atoms with Crippen LogP contribution < -0.4 is 4.90 Å². The van der Waals surface area contributed by atoms with Crippen molar-refractivity contribution < 1.29 is 18.0 Å². The first kappa shape index (κ1) is 21.0. The minimum atomic E-state index is -4.51. The van der Waals surface area contributed by atoms with E-state index in [1.54, 1.807) is 12.1 Å². The molecular weight excluding hydrogens is 413 g/mol. The van der Waals surface area contributed by atoms with Crippen LogP contribution in [0.25, 0.3) is 0 Å². The van der Waals surface area contributed by atoms with Crippen LogP contribution >= 0.6 is 11.8 Å². The first-order valence-corrected chi connectivity index (χ1v) is 11.1. The van der Waals surface area contributed by atoms with E-state index in [2.05, 4.69) is 9.97 Å². The summed E-state index contributed by atoms with van der Waals surface area (Å²) in [5, 5.41) is 0.115. The van der Waals surface area contributed by atoms with Crippen LogP contribution in [-0.2, 0) is 11.9 Å². The summed E-state index contributed by atoms with van der Waals surface area (Å²) >= 11 is 1.17. The zero-order chi connectivity index (χ0) is 21.1. The third kappa shape index (κ3) is 4.88. The molecule has 0 N–H and O–H groups in total. The van der Waals surface area contributed by atoms with E-state index in [4.69, 9.17) is 0 Å². The smallest absolute Gasteiger partial charge is 0.356 e. The SMILES string of the molecule is O=C(c1ccc(CSc2nc(N3CCCC3)cc(C(F)(F)F)n2)cc1)N1CCCC1. The number of carbonyl (C=O) groups excluding carboxylic acids is 1. The Morgan fingerprint density at radius 3 is 2.23 bits per heavy atom. The number of rotatable bonds is 5. The first-order chi connectivity index (χ1) is 14.4. The molecule has 160 valence electrons. The van der Waals surface area contributed by atoms with E-state index < -0.39 is 11.9 Å². The Kier molecular flexibility index (Phi) is 6.17. The van der Waals surface area contributed by atoms with Gasteiger partial charge < -0.3 is 9.80 Å². The highest BCUT2D eigenvalue weighted by atomic mass is 32.2. The van der Waals surface area contributed by atoms with Gasteiger partial charge >= 0.3 is 6.18 Å². The second-order valence-corrected chi connectivity index (χ2v) is 8.51. The van der Waals surface area contributed by atoms with E-state index in [1.807, 2.05) is 21.9 Å². The predicted octanol–water partition coefficient (Wildman–Crippen LogP) is 4.62. The average Bonchev–Trinajstić information content (AvgIpc) is 3.45. The molecule has 0 atom stereocenters. The lowest BCUT2D eigenvalue weighted by molar-refractivity contribution is -0.141. The van der Waals surface area contributed by atoms with Gasteiger partial charge in [-0.25, -0.2) is 9.97 Å². The van der Waals surface area contributed by atoms with Gasteiger partial charge in [0.05, 0.1) is 0 Å². The van der Waals surface area contributed by atoms with Gasteiger partial charge in [-0.3, -0.25) is 4.79 Å². The number of amides is 1. The van der Waals surface area contributed by atoms with E-state index in [1.165, 1.54) is 11.8 Å². The second-order valence-electron chi connectivity index (χ2n) is 7.57. The van der Waals surface area contributed by atoms with Crippen LogP contribution in [0.3, 0.4) is 0 Å². The van der Waals surface area contributed by atoms with Gasteiger partial charge in [0.2, 0.25) is 0 Å². The summed E-state index contributed by atoms with van der Waals surface area (Å²) in [5.74, 6) is 0.797. The number of anilines is 1. The van der Waals surface area contributed by atoms with Crippen molar-refractivity contribution in [2.45, 2.75) is 42.8 Å². The van der Waals surface area contributed by atoms with E-state index in [9.17, 15) is 18.0 Å². The van der Waals surface area contributed by atoms with Gasteiger partial charge in [0, 0.05) is 43.6 Å². The van der Waals surface area contributed by atoms with Crippen LogP contribution in [0, 0.1) is 0 Å². The summed E-state index contributed by atoms with van der Waals surface area (Å²) < 4.78 is 39.9. The molecule has 1 aromatic carbocycles. The highest BCUT2D eigenvalue weighted by molar-refractivity contribution is 7.98. The summed E-state index contributed by atoms with van der Waals surface area (Å²) in [6.07, 6.45) is -0.523. The van der Waals surface area contributed by atoms with Crippen molar-refractivity contribution >= 4 is 23.5 Å². The van der Waals surface area contributed by atoms with Crippen LogP contribution in [0.4, 0.5) is 19.0 Å². The Balaban J connectivity index is 1.46. The van der Waals surface area contributed by atoms with Crippen molar-refractivity contribution in [2.24, 2.45) is 0 Å². The molecular formula is C21H23F3N4OS. The van der Waals surface area contributed by atoms with Crippen LogP contribution in [0.15, 0.2) is 35.5 Å². The topological polar surface area (TPSA) is 49.3 Å². The molecule has 1 amide bonds. The fraction of sp³-hybridized carbons (Fsp3) is 0.476. The summed E-state index contributed by atoms with van der Waals surface area (Å²) in [5.41, 5.74) is 0.632. The Hall–Kier alpha value is -2.29. The molecule has 0 spiro atoms. The largest absolute Gasteiger partial charge is 0.433 e. The van der Waals surface area contributed by atoms with Gasteiger partial charge in [-0.05, 0) is 43.4 Å². The highest BCUT2D eigenvalue weighted by Gasteiger charge is 2.34. The molecule has 9 heteroatoms. The molecule has 0 radical (unpaired) electrons. The van der Waals surface area contributed by atoms with Crippen molar-refractivity contribution in [3.8, 4) is 0 Å². The molecule has 1 aromatic heterocycles. The number of halogens is 3. The minimum absolute atomic E-state index is 0.0307. The van der Waals surface area contributed by atoms with E-state index in [0.717, 1.165) is 50.4 Å². The third-order valence-corrected chi connectivity index (χ3v) is 6.29. The maximum absolute atomic E-state index is 13.3. The summed E-state index contributed by atoms with van der Waals surface area (Å²) in [4.78, 5) is 24.2. The van der Waals surface area contributed by atoms with Crippen LogP contribution in [0.2, 0.25) is 0 Å². The van der Waals surface area contributed by atoms with Gasteiger partial charge in [-0.2, -0.15) is 13.2 Å². The molecule has 2 aliphatic heterocycles. The van der Waals surface area contributed by atoms with Crippen molar-refractivity contribution in [3.05, 3.63) is 47.2 Å². The number of benzene rings is 1. The van der Waals surface area contributed by atoms with E-state index in [-0.39, 0.29) is 11.1 Å². The Labute approximate surface area is 177 Å². The number of hydrogen-bond acceptors (Lipinski definition) is 5. The monoisotopic (exact) mass is 436 g/mol. The number of alkyl halides is 3. The average molecular weight is 437 g/mol. The van der Waals surface area contributed by atoms with Gasteiger partial charge in [0.1, 0.15) is 5.82 Å². The Morgan fingerprint density at radius 2 is 1.60 bits per heavy atom. The lowest BCUT2D eigenvalue weighted by Crippen LogP contribution is -2.27. The molecule has 0 aliphatic carbocycles. The molecule has 0 bridgehead atoms. The van der Waals surface area contributed by atoms with Gasteiger partial charge in [0.25, 0.3) is 5.91 Å². The molecule has 2 aromatic rings. The van der Waals surface area contributed by atoms with Crippen molar-refractivity contribution in [1.82, 2.24) is 14.9 Å². The molecule has 4 rings (SSSR count). The van der Waals surface area contributed by atoms with E-state index in [0.29, 0.717) is 30.2 Å². The lowest BCUT2D eigenvalue weighted by atomic mass is 10.1. The normalized spacial score (nSPS) is 17.0. The van der Waals surface area contributed by atoms with Crippen molar-refractivity contribution in [3.63, 3.8) is 0 Å². The maximum atomic E-state index is 13.3. The number of aromatic nitrogens is 2. The third-order valence-electron chi connectivity index (χ3n) is 5.37. The number of hydrogen-bond donors (Lipinski definition) is 0. The summed E-state index contributed by atoms with van der Waals surface area (Å²) in [6.45, 7) is 3.02. The predicted molar refractivity (Wildman–Crippen MR) is 110 cm³/mol. The van der Waals surface area contributed by atoms with Gasteiger partial charge in [-0.15, -0.1) is 0 Å². The maximum Gasteiger partial charge on any atom is 0.433 e. The summed E-state index contributed by atoms with van der Waals surface area (Å²) in [6, 6.07) is 8.27. The Morgan fingerprint density at radius 1 is 0.967 bits per heavy atom. The van der Waals surface area contributed by atoms with Crippen molar-refractivity contribution in [2.75, 3.05) is 31.1 Å². The van der Waals surface area contributed by atoms with Gasteiger partial charge in [0.15, 0.2) is 10.9 Å². The molecule has 3 heterocycles. The quantitative estimate of drug-likeness (QED) is 0.506. The first-order valence-electron chi connectivity index (χ1n) is 10.1. The fourth-order valence-electron chi connectivity index (χ4n) is 3.73. The van der Waals surface area contributed by atoms with Gasteiger partial charge in [-0.1, -0.05) is 23.9 Å². The number of carbonyl (C=O) groups is 1. The molecule has 2 fully saturated rings. The standard InChI is InChI=1S/C21H23F3N4OS/c22-21(23,24)17-13-18(27-9-1-2-10-27)26-20(25-17)30-14-15-5-7-16(8-6-15)19(29)28-11-3-4-12-28/h5-8,13H,1-4,9-12,14H2. The minimum Gasteiger partial charge on any atom is -0.356 e.